The topological polar surface area (TPSA) is 78.2 Å². The predicted molar refractivity (Wildman–Crippen MR) is 109 cm³/mol. The number of pyridine rings is 1. The molecule has 168 valence electrons. The average Bonchev–Trinajstić information content (AvgIpc) is 3.03. The van der Waals surface area contributed by atoms with E-state index in [1.165, 1.54) is 11.0 Å². The largest absolute Gasteiger partial charge is 0.433 e. The van der Waals surface area contributed by atoms with Gasteiger partial charge in [0.05, 0.1) is 16.6 Å². The quantitative estimate of drug-likeness (QED) is 0.655. The highest BCUT2D eigenvalue weighted by atomic mass is 79.9. The first-order valence-corrected chi connectivity index (χ1v) is 10.9. The van der Waals surface area contributed by atoms with Crippen molar-refractivity contribution in [1.82, 2.24) is 19.4 Å². The summed E-state index contributed by atoms with van der Waals surface area (Å²) >= 11 is 9.26. The number of aliphatic hydroxyl groups is 1. The number of carbonyl (C=O) groups is 2. The highest BCUT2D eigenvalue weighted by Gasteiger charge is 2.38. The first kappa shape index (κ1) is 22.3. The molecule has 12 heteroatoms. The van der Waals surface area contributed by atoms with Crippen molar-refractivity contribution < 1.29 is 27.9 Å². The molecule has 1 aliphatic carbocycles. The molecule has 3 heterocycles. The summed E-state index contributed by atoms with van der Waals surface area (Å²) in [5.41, 5.74) is -1.46. The first-order valence-electron chi connectivity index (χ1n) is 9.78. The third kappa shape index (κ3) is 4.27. The molecule has 31 heavy (non-hydrogen) atoms. The van der Waals surface area contributed by atoms with Crippen molar-refractivity contribution >= 4 is 44.9 Å². The smallest absolute Gasteiger partial charge is 0.393 e. The Morgan fingerprint density at radius 1 is 1.19 bits per heavy atom. The van der Waals surface area contributed by atoms with Gasteiger partial charge in [-0.05, 0) is 37.8 Å². The molecule has 0 unspecified atom stereocenters. The molecule has 0 bridgehead atoms. The molecule has 0 atom stereocenters. The van der Waals surface area contributed by atoms with Gasteiger partial charge in [-0.1, -0.05) is 27.5 Å². The second kappa shape index (κ2) is 8.25. The summed E-state index contributed by atoms with van der Waals surface area (Å²) in [6.45, 7) is 0.344. The van der Waals surface area contributed by atoms with Crippen LogP contribution in [0.3, 0.4) is 0 Å². The zero-order chi connectivity index (χ0) is 22.5. The molecule has 0 radical (unpaired) electrons. The number of piperazine rings is 1. The van der Waals surface area contributed by atoms with Gasteiger partial charge < -0.3 is 14.9 Å². The van der Waals surface area contributed by atoms with Crippen molar-refractivity contribution in [2.45, 2.75) is 44.0 Å². The van der Waals surface area contributed by atoms with Gasteiger partial charge in [-0.2, -0.15) is 18.3 Å². The minimum atomic E-state index is -4.70. The van der Waals surface area contributed by atoms with Crippen molar-refractivity contribution in [3.63, 3.8) is 0 Å². The molecule has 0 spiro atoms. The molecule has 0 aromatic carbocycles. The fourth-order valence-electron chi connectivity index (χ4n) is 4.19. The van der Waals surface area contributed by atoms with Crippen LogP contribution in [0.5, 0.6) is 0 Å². The highest BCUT2D eigenvalue weighted by molar-refractivity contribution is 9.10. The Hall–Kier alpha value is -1.85. The van der Waals surface area contributed by atoms with Gasteiger partial charge in [0, 0.05) is 23.6 Å². The minimum absolute atomic E-state index is 0.0265. The second-order valence-corrected chi connectivity index (χ2v) is 9.09. The number of aliphatic hydroxyl groups excluding tert-OH is 1. The van der Waals surface area contributed by atoms with E-state index in [4.69, 9.17) is 11.6 Å². The number of hydrogen-bond donors (Lipinski definition) is 1. The lowest BCUT2D eigenvalue weighted by Crippen LogP contribution is -2.56. The summed E-state index contributed by atoms with van der Waals surface area (Å²) in [5, 5.41) is 13.3. The van der Waals surface area contributed by atoms with Gasteiger partial charge in [-0.3, -0.25) is 9.59 Å². The highest BCUT2D eigenvalue weighted by Crippen LogP contribution is 2.35. The van der Waals surface area contributed by atoms with E-state index in [-0.39, 0.29) is 51.8 Å². The molecular weight excluding hydrogens is 505 g/mol. The standard InChI is InChI=1S/C19H19BrClF3N4O3/c20-10-7-13-16(21)17(25-28(13)14(8-10)19(22,23)24)18(31)26-5-6-27(15(30)9-26)11-1-3-12(29)4-2-11/h7-8,11-12,29H,1-6,9H2/t11-,12-. The Morgan fingerprint density at radius 3 is 2.48 bits per heavy atom. The van der Waals surface area contributed by atoms with Crippen molar-refractivity contribution in [1.29, 1.82) is 0 Å². The van der Waals surface area contributed by atoms with Gasteiger partial charge >= 0.3 is 6.18 Å². The number of rotatable bonds is 2. The van der Waals surface area contributed by atoms with Crippen LogP contribution in [0.15, 0.2) is 16.6 Å². The van der Waals surface area contributed by atoms with Crippen LogP contribution in [-0.4, -0.2) is 68.1 Å². The Morgan fingerprint density at radius 2 is 1.87 bits per heavy atom. The van der Waals surface area contributed by atoms with Crippen molar-refractivity contribution in [3.05, 3.63) is 33.0 Å². The van der Waals surface area contributed by atoms with Crippen LogP contribution in [0.25, 0.3) is 5.52 Å². The third-order valence-corrected chi connectivity index (χ3v) is 6.61. The van der Waals surface area contributed by atoms with Crippen molar-refractivity contribution in [2.75, 3.05) is 19.6 Å². The predicted octanol–water partition coefficient (Wildman–Crippen LogP) is 3.36. The summed E-state index contributed by atoms with van der Waals surface area (Å²) < 4.78 is 41.0. The minimum Gasteiger partial charge on any atom is -0.393 e. The Bertz CT molecular complexity index is 1040. The molecule has 2 aromatic heterocycles. The summed E-state index contributed by atoms with van der Waals surface area (Å²) in [7, 11) is 0. The summed E-state index contributed by atoms with van der Waals surface area (Å²) in [4.78, 5) is 28.6. The maximum Gasteiger partial charge on any atom is 0.433 e. The van der Waals surface area contributed by atoms with Gasteiger partial charge in [-0.15, -0.1) is 0 Å². The van der Waals surface area contributed by atoms with E-state index >= 15 is 0 Å². The fraction of sp³-hybridized carbons (Fsp3) is 0.526. The molecule has 2 fully saturated rings. The number of amides is 2. The fourth-order valence-corrected chi connectivity index (χ4v) is 4.88. The first-order chi connectivity index (χ1) is 14.6. The molecular formula is C19H19BrClF3N4O3. The van der Waals surface area contributed by atoms with E-state index in [2.05, 4.69) is 21.0 Å². The Kier molecular flexibility index (Phi) is 5.95. The zero-order valence-corrected chi connectivity index (χ0v) is 18.5. The van der Waals surface area contributed by atoms with E-state index < -0.39 is 17.8 Å². The van der Waals surface area contributed by atoms with Crippen molar-refractivity contribution in [2.24, 2.45) is 0 Å². The lowest BCUT2D eigenvalue weighted by Gasteiger charge is -2.41. The van der Waals surface area contributed by atoms with Crippen LogP contribution in [0.1, 0.15) is 41.9 Å². The normalized spacial score (nSPS) is 23.0. The van der Waals surface area contributed by atoms with E-state index in [9.17, 15) is 27.9 Å². The summed E-state index contributed by atoms with van der Waals surface area (Å²) in [6, 6.07) is 2.23. The van der Waals surface area contributed by atoms with Crippen LogP contribution in [0, 0.1) is 0 Å². The monoisotopic (exact) mass is 522 g/mol. The number of carbonyl (C=O) groups excluding carboxylic acids is 2. The summed E-state index contributed by atoms with van der Waals surface area (Å²) in [6.07, 6.45) is -2.38. The van der Waals surface area contributed by atoms with Gasteiger partial charge in [-0.25, -0.2) is 4.52 Å². The van der Waals surface area contributed by atoms with Crippen molar-refractivity contribution in [3.8, 4) is 0 Å². The van der Waals surface area contributed by atoms with Gasteiger partial charge in [0.1, 0.15) is 12.2 Å². The molecule has 2 amide bonds. The second-order valence-electron chi connectivity index (χ2n) is 7.79. The maximum atomic E-state index is 13.4. The van der Waals surface area contributed by atoms with Gasteiger partial charge in [0.25, 0.3) is 5.91 Å². The number of fused-ring (bicyclic) bond motifs is 1. The van der Waals surface area contributed by atoms with Gasteiger partial charge in [0.2, 0.25) is 5.91 Å². The number of alkyl halides is 3. The van der Waals surface area contributed by atoms with E-state index in [1.807, 2.05) is 0 Å². The van der Waals surface area contributed by atoms with Gasteiger partial charge in [0.15, 0.2) is 5.69 Å². The number of hydrogen-bond acceptors (Lipinski definition) is 4. The Balaban J connectivity index is 1.56. The molecule has 1 saturated carbocycles. The molecule has 7 nitrogen and oxygen atoms in total. The molecule has 1 N–H and O–H groups in total. The molecule has 2 aromatic rings. The number of aromatic nitrogens is 2. The number of halogens is 5. The Labute approximate surface area is 188 Å². The molecule has 1 saturated heterocycles. The third-order valence-electron chi connectivity index (χ3n) is 5.78. The molecule has 1 aliphatic heterocycles. The lowest BCUT2D eigenvalue weighted by molar-refractivity contribution is -0.142. The van der Waals surface area contributed by atoms with E-state index in [0.717, 1.165) is 6.07 Å². The molecule has 4 rings (SSSR count). The van der Waals surface area contributed by atoms with E-state index in [1.54, 1.807) is 4.90 Å². The molecule has 2 aliphatic rings. The zero-order valence-electron chi connectivity index (χ0n) is 16.2. The van der Waals surface area contributed by atoms with E-state index in [0.29, 0.717) is 36.7 Å². The maximum absolute atomic E-state index is 13.4. The van der Waals surface area contributed by atoms with Crippen LogP contribution in [0.4, 0.5) is 13.2 Å². The SMILES string of the molecule is O=C(c1nn2c(C(F)(F)F)cc(Br)cc2c1Cl)N1CCN([C@H]2CC[C@H](O)CC2)C(=O)C1. The lowest BCUT2D eigenvalue weighted by atomic mass is 9.91. The summed E-state index contributed by atoms with van der Waals surface area (Å²) in [5.74, 6) is -0.926. The average molecular weight is 524 g/mol. The number of nitrogens with zero attached hydrogens (tertiary/aromatic N) is 4. The van der Waals surface area contributed by atoms with Crippen LogP contribution in [-0.2, 0) is 11.0 Å². The van der Waals surface area contributed by atoms with Crippen LogP contribution < -0.4 is 0 Å². The van der Waals surface area contributed by atoms with Crippen LogP contribution >= 0.6 is 27.5 Å². The van der Waals surface area contributed by atoms with Crippen LogP contribution in [0.2, 0.25) is 5.02 Å².